The predicted molar refractivity (Wildman–Crippen MR) is 118 cm³/mol. The second-order valence-corrected chi connectivity index (χ2v) is 9.55. The first-order valence-electron chi connectivity index (χ1n) is 9.67. The van der Waals surface area contributed by atoms with Crippen molar-refractivity contribution < 1.29 is 13.2 Å². The number of rotatable bonds is 7. The molecule has 1 heterocycles. The smallest absolute Gasteiger partial charge is 0.264 e. The van der Waals surface area contributed by atoms with Gasteiger partial charge in [-0.3, -0.25) is 9.10 Å². The number of hydrogen-bond donors (Lipinski definition) is 1. The summed E-state index contributed by atoms with van der Waals surface area (Å²) in [6, 6.07) is 14.9. The summed E-state index contributed by atoms with van der Waals surface area (Å²) in [7, 11) is -2.31. The van der Waals surface area contributed by atoms with Gasteiger partial charge in [0.1, 0.15) is 5.82 Å². The van der Waals surface area contributed by atoms with Crippen LogP contribution >= 0.6 is 0 Å². The third kappa shape index (κ3) is 4.71. The van der Waals surface area contributed by atoms with Gasteiger partial charge in [-0.05, 0) is 43.2 Å². The molecule has 0 aliphatic rings. The Morgan fingerprint density at radius 3 is 2.50 bits per heavy atom. The van der Waals surface area contributed by atoms with E-state index in [9.17, 15) is 13.2 Å². The van der Waals surface area contributed by atoms with Gasteiger partial charge in [0.05, 0.1) is 16.8 Å². The van der Waals surface area contributed by atoms with Gasteiger partial charge in [-0.1, -0.05) is 37.6 Å². The largest absolute Gasteiger partial charge is 0.307 e. The number of benzene rings is 2. The number of nitrogens with zero attached hydrogens (tertiary/aromatic N) is 3. The van der Waals surface area contributed by atoms with Crippen molar-refractivity contribution >= 4 is 27.4 Å². The maximum Gasteiger partial charge on any atom is 0.264 e. The molecule has 0 atom stereocenters. The Kier molecular flexibility index (Phi) is 6.26. The normalized spacial score (nSPS) is 11.5. The van der Waals surface area contributed by atoms with Crippen molar-refractivity contribution in [1.29, 1.82) is 0 Å². The first-order chi connectivity index (χ1) is 14.2. The third-order valence-electron chi connectivity index (χ3n) is 4.65. The Balaban J connectivity index is 1.84. The molecule has 2 aromatic carbocycles. The Morgan fingerprint density at radius 2 is 1.83 bits per heavy atom. The van der Waals surface area contributed by atoms with E-state index >= 15 is 0 Å². The number of carbonyl (C=O) groups excluding carboxylic acids is 1. The fraction of sp³-hybridized carbons (Fsp3) is 0.273. The van der Waals surface area contributed by atoms with Crippen molar-refractivity contribution in [2.45, 2.75) is 32.2 Å². The predicted octanol–water partition coefficient (Wildman–Crippen LogP) is 3.92. The van der Waals surface area contributed by atoms with Crippen molar-refractivity contribution in [3.05, 3.63) is 71.9 Å². The molecule has 0 spiro atoms. The number of anilines is 2. The topological polar surface area (TPSA) is 84.3 Å². The second kappa shape index (κ2) is 8.71. The minimum absolute atomic E-state index is 0.0499. The highest BCUT2D eigenvalue weighted by atomic mass is 32.2. The molecule has 158 valence electrons. The van der Waals surface area contributed by atoms with Crippen LogP contribution in [0.4, 0.5) is 11.5 Å². The molecule has 8 heteroatoms. The number of hydrogen-bond acceptors (Lipinski definition) is 4. The molecule has 0 fully saturated rings. The number of aryl methyl sites for hydroxylation is 1. The zero-order chi connectivity index (χ0) is 21.9. The van der Waals surface area contributed by atoms with Crippen LogP contribution in [0.2, 0.25) is 0 Å². The summed E-state index contributed by atoms with van der Waals surface area (Å²) in [4.78, 5) is 12.8. The summed E-state index contributed by atoms with van der Waals surface area (Å²) in [5, 5.41) is 7.03. The van der Waals surface area contributed by atoms with Gasteiger partial charge in [0.2, 0.25) is 0 Å². The summed E-state index contributed by atoms with van der Waals surface area (Å²) < 4.78 is 29.1. The van der Waals surface area contributed by atoms with Crippen molar-refractivity contribution in [2.24, 2.45) is 5.92 Å². The van der Waals surface area contributed by atoms with Crippen LogP contribution in [-0.4, -0.2) is 31.2 Å². The number of sulfonamides is 1. The molecule has 0 bridgehead atoms. The quantitative estimate of drug-likeness (QED) is 0.620. The maximum absolute atomic E-state index is 13.1. The average molecular weight is 427 g/mol. The number of carbonyl (C=O) groups is 1. The lowest BCUT2D eigenvalue weighted by molar-refractivity contribution is 0.102. The van der Waals surface area contributed by atoms with Gasteiger partial charge in [0, 0.05) is 25.2 Å². The Bertz CT molecular complexity index is 1140. The van der Waals surface area contributed by atoms with Crippen molar-refractivity contribution in [1.82, 2.24) is 9.78 Å². The molecule has 0 aliphatic carbocycles. The number of amides is 1. The third-order valence-corrected chi connectivity index (χ3v) is 6.43. The maximum atomic E-state index is 13.1. The Labute approximate surface area is 177 Å². The fourth-order valence-electron chi connectivity index (χ4n) is 2.97. The van der Waals surface area contributed by atoms with E-state index in [0.29, 0.717) is 24.0 Å². The summed E-state index contributed by atoms with van der Waals surface area (Å²) in [6.07, 6.45) is 1.62. The minimum Gasteiger partial charge on any atom is -0.307 e. The molecule has 1 aromatic heterocycles. The average Bonchev–Trinajstić information content (AvgIpc) is 3.14. The molecule has 3 aromatic rings. The van der Waals surface area contributed by atoms with Gasteiger partial charge in [0.15, 0.2) is 0 Å². The van der Waals surface area contributed by atoms with Crippen molar-refractivity contribution in [3.63, 3.8) is 0 Å². The van der Waals surface area contributed by atoms with Gasteiger partial charge >= 0.3 is 0 Å². The second-order valence-electron chi connectivity index (χ2n) is 7.58. The van der Waals surface area contributed by atoms with E-state index in [1.807, 2.05) is 19.1 Å². The van der Waals surface area contributed by atoms with E-state index in [1.165, 1.54) is 23.5 Å². The molecule has 0 saturated carbocycles. The van der Waals surface area contributed by atoms with Gasteiger partial charge < -0.3 is 5.32 Å². The van der Waals surface area contributed by atoms with Crippen LogP contribution in [0.5, 0.6) is 0 Å². The van der Waals surface area contributed by atoms with Gasteiger partial charge in [-0.25, -0.2) is 13.1 Å². The molecule has 0 radical (unpaired) electrons. The highest BCUT2D eigenvalue weighted by Crippen LogP contribution is 2.23. The molecule has 3 rings (SSSR count). The number of aromatic nitrogens is 2. The number of nitrogens with one attached hydrogen (secondary N) is 1. The molecule has 7 nitrogen and oxygen atoms in total. The minimum atomic E-state index is -3.81. The van der Waals surface area contributed by atoms with E-state index in [0.717, 1.165) is 5.56 Å². The molecule has 0 saturated heterocycles. The summed E-state index contributed by atoms with van der Waals surface area (Å²) in [6.45, 7) is 6.73. The zero-order valence-electron chi connectivity index (χ0n) is 17.5. The monoisotopic (exact) mass is 426 g/mol. The van der Waals surface area contributed by atoms with Crippen LogP contribution in [0, 0.1) is 12.8 Å². The van der Waals surface area contributed by atoms with Crippen LogP contribution in [0.1, 0.15) is 29.8 Å². The van der Waals surface area contributed by atoms with E-state index in [1.54, 1.807) is 41.2 Å². The van der Waals surface area contributed by atoms with Crippen LogP contribution in [0.3, 0.4) is 0 Å². The van der Waals surface area contributed by atoms with Gasteiger partial charge in [0.25, 0.3) is 15.9 Å². The lowest BCUT2D eigenvalue weighted by Gasteiger charge is -2.20. The SMILES string of the molecule is Cc1ccc(N(C)S(=O)(=O)c2cccc(C(=O)Nc3ccnn3CC(C)C)c2)cc1. The van der Waals surface area contributed by atoms with Crippen molar-refractivity contribution in [2.75, 3.05) is 16.7 Å². The van der Waals surface area contributed by atoms with Crippen LogP contribution in [0.15, 0.2) is 65.7 Å². The first-order valence-corrected chi connectivity index (χ1v) is 11.1. The molecular weight excluding hydrogens is 400 g/mol. The highest BCUT2D eigenvalue weighted by Gasteiger charge is 2.22. The molecule has 0 aliphatic heterocycles. The van der Waals surface area contributed by atoms with Crippen LogP contribution in [0.25, 0.3) is 0 Å². The Hall–Kier alpha value is -3.13. The summed E-state index contributed by atoms with van der Waals surface area (Å²) >= 11 is 0. The lowest BCUT2D eigenvalue weighted by atomic mass is 10.2. The molecule has 0 unspecified atom stereocenters. The highest BCUT2D eigenvalue weighted by molar-refractivity contribution is 7.92. The first kappa shape index (κ1) is 21.6. The Morgan fingerprint density at radius 1 is 1.13 bits per heavy atom. The van der Waals surface area contributed by atoms with E-state index in [4.69, 9.17) is 0 Å². The molecular formula is C22H26N4O3S. The van der Waals surface area contributed by atoms with E-state index in [2.05, 4.69) is 24.3 Å². The lowest BCUT2D eigenvalue weighted by Crippen LogP contribution is -2.27. The van der Waals surface area contributed by atoms with Crippen molar-refractivity contribution in [3.8, 4) is 0 Å². The van der Waals surface area contributed by atoms with Gasteiger partial charge in [-0.2, -0.15) is 5.10 Å². The molecule has 30 heavy (non-hydrogen) atoms. The van der Waals surface area contributed by atoms with E-state index in [-0.39, 0.29) is 10.5 Å². The molecule has 1 amide bonds. The standard InChI is InChI=1S/C22H26N4O3S/c1-16(2)15-26-21(12-13-23-26)24-22(27)18-6-5-7-20(14-18)30(28,29)25(4)19-10-8-17(3)9-11-19/h5-14,16H,15H2,1-4H3,(H,24,27). The van der Waals surface area contributed by atoms with Crippen LogP contribution in [-0.2, 0) is 16.6 Å². The van der Waals surface area contributed by atoms with Gasteiger partial charge in [-0.15, -0.1) is 0 Å². The van der Waals surface area contributed by atoms with E-state index < -0.39 is 15.9 Å². The molecule has 1 N–H and O–H groups in total. The van der Waals surface area contributed by atoms with Crippen LogP contribution < -0.4 is 9.62 Å². The summed E-state index contributed by atoms with van der Waals surface area (Å²) in [5.41, 5.74) is 1.85. The summed E-state index contributed by atoms with van der Waals surface area (Å²) in [5.74, 6) is 0.542. The fourth-order valence-corrected chi connectivity index (χ4v) is 4.21. The zero-order valence-corrected chi connectivity index (χ0v) is 18.3.